The maximum Gasteiger partial charge on any atom is 0.305 e. The van der Waals surface area contributed by atoms with Crippen molar-refractivity contribution in [2.75, 3.05) is 13.2 Å². The molecule has 0 radical (unpaired) electrons. The Hall–Kier alpha value is -1.40. The lowest BCUT2D eigenvalue weighted by atomic mass is 10.0. The van der Waals surface area contributed by atoms with E-state index in [4.69, 9.17) is 4.74 Å². The summed E-state index contributed by atoms with van der Waals surface area (Å²) in [6, 6.07) is -0.551. The summed E-state index contributed by atoms with van der Waals surface area (Å²) >= 11 is 0. The second kappa shape index (κ2) is 54.2. The van der Waals surface area contributed by atoms with Crippen LogP contribution in [-0.4, -0.2) is 47.4 Å². The Morgan fingerprint density at radius 3 is 1.11 bits per heavy atom. The lowest BCUT2D eigenvalue weighted by Crippen LogP contribution is -2.45. The van der Waals surface area contributed by atoms with Gasteiger partial charge in [-0.1, -0.05) is 270 Å². The van der Waals surface area contributed by atoms with Crippen LogP contribution in [0.25, 0.3) is 0 Å². The molecule has 380 valence electrons. The van der Waals surface area contributed by atoms with Crippen LogP contribution in [0.3, 0.4) is 0 Å². The van der Waals surface area contributed by atoms with E-state index in [1.54, 1.807) is 0 Å². The van der Waals surface area contributed by atoms with E-state index in [1.165, 1.54) is 238 Å². The monoisotopic (exact) mass is 904 g/mol. The van der Waals surface area contributed by atoms with Crippen molar-refractivity contribution in [1.82, 2.24) is 5.32 Å². The summed E-state index contributed by atoms with van der Waals surface area (Å²) in [6.45, 7) is 4.94. The maximum absolute atomic E-state index is 12.5. The van der Waals surface area contributed by atoms with Gasteiger partial charge in [-0.15, -0.1) is 0 Å². The number of rotatable bonds is 54. The van der Waals surface area contributed by atoms with E-state index in [-0.39, 0.29) is 18.5 Å². The predicted octanol–water partition coefficient (Wildman–Crippen LogP) is 17.7. The molecule has 0 spiro atoms. The van der Waals surface area contributed by atoms with E-state index in [1.807, 2.05) is 0 Å². The van der Waals surface area contributed by atoms with Gasteiger partial charge in [0.1, 0.15) is 0 Å². The molecule has 64 heavy (non-hydrogen) atoms. The van der Waals surface area contributed by atoms with Crippen LogP contribution in [0.4, 0.5) is 0 Å². The summed E-state index contributed by atoms with van der Waals surface area (Å²) in [5.74, 6) is -0.0572. The van der Waals surface area contributed by atoms with Gasteiger partial charge in [0.2, 0.25) is 5.91 Å². The van der Waals surface area contributed by atoms with Gasteiger partial charge in [-0.3, -0.25) is 9.59 Å². The SMILES string of the molecule is CCCCCCCCC/C=C\CCCCCCCC(=O)OCCCCCCCCCCCCCCCC(=O)NC(CO)C(O)CCCCCCCCCCCCCCCCCCCC. The molecule has 1 amide bonds. The Kier molecular flexibility index (Phi) is 53.0. The zero-order valence-electron chi connectivity index (χ0n) is 43.3. The number of allylic oxidation sites excluding steroid dienone is 2. The largest absolute Gasteiger partial charge is 0.466 e. The molecule has 0 aliphatic rings. The van der Waals surface area contributed by atoms with E-state index in [0.717, 1.165) is 51.4 Å². The minimum absolute atomic E-state index is 0.0119. The minimum Gasteiger partial charge on any atom is -0.466 e. The highest BCUT2D eigenvalue weighted by Crippen LogP contribution is 2.17. The van der Waals surface area contributed by atoms with E-state index in [9.17, 15) is 19.8 Å². The second-order valence-corrected chi connectivity index (χ2v) is 20.0. The number of hydrogen-bond acceptors (Lipinski definition) is 5. The van der Waals surface area contributed by atoms with Crippen LogP contribution >= 0.6 is 0 Å². The number of amides is 1. The summed E-state index contributed by atoms with van der Waals surface area (Å²) in [5.41, 5.74) is 0. The average Bonchev–Trinajstić information content (AvgIpc) is 3.29. The molecule has 3 N–H and O–H groups in total. The van der Waals surface area contributed by atoms with Crippen molar-refractivity contribution in [1.29, 1.82) is 0 Å². The fourth-order valence-corrected chi connectivity index (χ4v) is 9.11. The molecule has 6 heteroatoms. The summed E-state index contributed by atoms with van der Waals surface area (Å²) in [5, 5.41) is 23.3. The summed E-state index contributed by atoms with van der Waals surface area (Å²) in [4.78, 5) is 24.5. The van der Waals surface area contributed by atoms with Gasteiger partial charge in [-0.25, -0.2) is 0 Å². The van der Waals surface area contributed by atoms with Crippen LogP contribution in [0.15, 0.2) is 12.2 Å². The lowest BCUT2D eigenvalue weighted by Gasteiger charge is -2.22. The van der Waals surface area contributed by atoms with Crippen LogP contribution in [0.5, 0.6) is 0 Å². The topological polar surface area (TPSA) is 95.9 Å². The predicted molar refractivity (Wildman–Crippen MR) is 278 cm³/mol. The molecule has 6 nitrogen and oxygen atoms in total. The van der Waals surface area contributed by atoms with Crippen molar-refractivity contribution in [2.45, 2.75) is 334 Å². The summed E-state index contributed by atoms with van der Waals surface area (Å²) in [6.07, 6.45) is 63.3. The van der Waals surface area contributed by atoms with Gasteiger partial charge in [-0.05, 0) is 51.4 Å². The van der Waals surface area contributed by atoms with Crippen LogP contribution in [0.1, 0.15) is 322 Å². The molecule has 2 atom stereocenters. The number of unbranched alkanes of at least 4 members (excludes halogenated alkanes) is 41. The fraction of sp³-hybridized carbons (Fsp3) is 0.931. The molecular weight excluding hydrogens is 791 g/mol. The first-order chi connectivity index (χ1) is 31.5. The van der Waals surface area contributed by atoms with Crippen molar-refractivity contribution in [3.05, 3.63) is 12.2 Å². The van der Waals surface area contributed by atoms with Crippen molar-refractivity contribution < 1.29 is 24.5 Å². The number of hydrogen-bond donors (Lipinski definition) is 3. The van der Waals surface area contributed by atoms with Gasteiger partial charge in [0.05, 0.1) is 25.4 Å². The Morgan fingerprint density at radius 2 is 0.734 bits per heavy atom. The lowest BCUT2D eigenvalue weighted by molar-refractivity contribution is -0.143. The molecule has 0 aromatic carbocycles. The Bertz CT molecular complexity index is 955. The van der Waals surface area contributed by atoms with Crippen LogP contribution < -0.4 is 5.32 Å². The highest BCUT2D eigenvalue weighted by molar-refractivity contribution is 5.76. The van der Waals surface area contributed by atoms with Crippen molar-refractivity contribution in [3.63, 3.8) is 0 Å². The fourth-order valence-electron chi connectivity index (χ4n) is 9.11. The van der Waals surface area contributed by atoms with Crippen molar-refractivity contribution >= 4 is 11.9 Å². The number of aliphatic hydroxyl groups is 2. The van der Waals surface area contributed by atoms with Crippen LogP contribution in [0.2, 0.25) is 0 Å². The molecule has 0 saturated heterocycles. The van der Waals surface area contributed by atoms with E-state index in [0.29, 0.717) is 25.9 Å². The zero-order valence-corrected chi connectivity index (χ0v) is 43.3. The third kappa shape index (κ3) is 50.0. The molecule has 0 saturated carbocycles. The minimum atomic E-state index is -0.673. The number of carbonyl (C=O) groups excluding carboxylic acids is 2. The average molecular weight is 905 g/mol. The highest BCUT2D eigenvalue weighted by atomic mass is 16.5. The number of esters is 1. The standard InChI is InChI=1S/C58H113NO5/c1-3-5-7-9-11-13-15-17-19-21-22-23-26-30-34-38-42-46-50-56(61)55(54-60)59-57(62)51-47-43-39-35-31-27-25-29-33-37-41-45-49-53-64-58(63)52-48-44-40-36-32-28-24-20-18-16-14-12-10-8-6-4-2/h20,24,55-56,60-61H,3-19,21-23,25-54H2,1-2H3,(H,59,62)/b24-20-. The number of carbonyl (C=O) groups is 2. The van der Waals surface area contributed by atoms with E-state index < -0.39 is 12.1 Å². The smallest absolute Gasteiger partial charge is 0.305 e. The van der Waals surface area contributed by atoms with Gasteiger partial charge in [0.25, 0.3) is 0 Å². The van der Waals surface area contributed by atoms with Crippen LogP contribution in [0, 0.1) is 0 Å². The van der Waals surface area contributed by atoms with Gasteiger partial charge >= 0.3 is 5.97 Å². The highest BCUT2D eigenvalue weighted by Gasteiger charge is 2.20. The molecule has 0 rings (SSSR count). The summed E-state index contributed by atoms with van der Waals surface area (Å²) < 4.78 is 5.47. The molecule has 0 aromatic rings. The van der Waals surface area contributed by atoms with Crippen LogP contribution in [-0.2, 0) is 14.3 Å². The molecular formula is C58H113NO5. The Balaban J connectivity index is 3.44. The zero-order chi connectivity index (χ0) is 46.5. The quantitative estimate of drug-likeness (QED) is 0.0321. The first kappa shape index (κ1) is 62.6. The van der Waals surface area contributed by atoms with Gasteiger partial charge in [-0.2, -0.15) is 0 Å². The number of ether oxygens (including phenoxy) is 1. The number of nitrogens with one attached hydrogen (secondary N) is 1. The molecule has 0 fully saturated rings. The Morgan fingerprint density at radius 1 is 0.422 bits per heavy atom. The second-order valence-electron chi connectivity index (χ2n) is 20.0. The Labute approximate surface area is 399 Å². The molecule has 0 aliphatic carbocycles. The summed E-state index contributed by atoms with van der Waals surface area (Å²) in [7, 11) is 0. The normalized spacial score (nSPS) is 12.6. The third-order valence-corrected chi connectivity index (χ3v) is 13.6. The van der Waals surface area contributed by atoms with Gasteiger partial charge < -0.3 is 20.3 Å². The van der Waals surface area contributed by atoms with E-state index >= 15 is 0 Å². The van der Waals surface area contributed by atoms with Gasteiger partial charge in [0.15, 0.2) is 0 Å². The number of aliphatic hydroxyl groups excluding tert-OH is 2. The molecule has 0 aromatic heterocycles. The van der Waals surface area contributed by atoms with Crippen molar-refractivity contribution in [3.8, 4) is 0 Å². The maximum atomic E-state index is 12.5. The first-order valence-electron chi connectivity index (χ1n) is 28.9. The first-order valence-corrected chi connectivity index (χ1v) is 28.9. The molecule has 2 unspecified atom stereocenters. The van der Waals surface area contributed by atoms with Gasteiger partial charge in [0, 0.05) is 12.8 Å². The molecule has 0 aliphatic heterocycles. The van der Waals surface area contributed by atoms with Crippen molar-refractivity contribution in [2.24, 2.45) is 0 Å². The third-order valence-electron chi connectivity index (χ3n) is 13.6. The van der Waals surface area contributed by atoms with E-state index in [2.05, 4.69) is 31.3 Å². The molecule has 0 heterocycles. The molecule has 0 bridgehead atoms.